The van der Waals surface area contributed by atoms with Crippen LogP contribution in [0.3, 0.4) is 0 Å². The summed E-state index contributed by atoms with van der Waals surface area (Å²) in [6.07, 6.45) is 4.21. The minimum absolute atomic E-state index is 0.627. The van der Waals surface area contributed by atoms with Gasteiger partial charge in [-0.1, -0.05) is 34.6 Å². The van der Waals surface area contributed by atoms with Gasteiger partial charge in [-0.3, -0.25) is 0 Å². The van der Waals surface area contributed by atoms with Gasteiger partial charge in [0.1, 0.15) is 0 Å². The van der Waals surface area contributed by atoms with E-state index in [1.54, 1.807) is 0 Å². The van der Waals surface area contributed by atoms with Crippen LogP contribution in [0.15, 0.2) is 0 Å². The third-order valence-electron chi connectivity index (χ3n) is 3.59. The summed E-state index contributed by atoms with van der Waals surface area (Å²) < 4.78 is 0. The summed E-state index contributed by atoms with van der Waals surface area (Å²) in [5.74, 6) is 1.67. The van der Waals surface area contributed by atoms with Gasteiger partial charge < -0.3 is 4.90 Å². The van der Waals surface area contributed by atoms with E-state index in [-0.39, 0.29) is 0 Å². The molecule has 0 bridgehead atoms. The van der Waals surface area contributed by atoms with Gasteiger partial charge >= 0.3 is 0 Å². The van der Waals surface area contributed by atoms with E-state index in [0.29, 0.717) is 5.41 Å². The van der Waals surface area contributed by atoms with E-state index in [1.165, 1.54) is 38.9 Å². The summed E-state index contributed by atoms with van der Waals surface area (Å²) >= 11 is 0. The molecule has 1 fully saturated rings. The van der Waals surface area contributed by atoms with Gasteiger partial charge in [0.15, 0.2) is 0 Å². The largest absolute Gasteiger partial charge is 0.303 e. The lowest BCUT2D eigenvalue weighted by Crippen LogP contribution is -2.40. The lowest BCUT2D eigenvalue weighted by Gasteiger charge is -2.41. The number of likely N-dealkylation sites (tertiary alicyclic amines) is 1. The van der Waals surface area contributed by atoms with Crippen LogP contribution in [0.5, 0.6) is 0 Å². The summed E-state index contributed by atoms with van der Waals surface area (Å²) in [6, 6.07) is 0. The molecule has 0 aromatic carbocycles. The number of nitrogens with zero attached hydrogens (tertiary/aromatic N) is 1. The lowest BCUT2D eigenvalue weighted by atomic mass is 9.74. The van der Waals surface area contributed by atoms with Gasteiger partial charge in [0.2, 0.25) is 0 Å². The molecule has 0 N–H and O–H groups in total. The van der Waals surface area contributed by atoms with Crippen molar-refractivity contribution in [1.29, 1.82) is 0 Å². The molecule has 1 aliphatic rings. The summed E-state index contributed by atoms with van der Waals surface area (Å²) in [4.78, 5) is 2.65. The average Bonchev–Trinajstić information content (AvgIpc) is 2.07. The van der Waals surface area contributed by atoms with Gasteiger partial charge in [-0.2, -0.15) is 0 Å². The molecular formula is C14H29N. The molecule has 15 heavy (non-hydrogen) atoms. The molecule has 1 aliphatic heterocycles. The zero-order valence-electron chi connectivity index (χ0n) is 11.3. The minimum Gasteiger partial charge on any atom is -0.303 e. The Kier molecular flexibility index (Phi) is 4.64. The molecule has 1 rings (SSSR count). The predicted molar refractivity (Wildman–Crippen MR) is 68.1 cm³/mol. The predicted octanol–water partition coefficient (Wildman–Crippen LogP) is 3.79. The highest BCUT2D eigenvalue weighted by atomic mass is 15.1. The van der Waals surface area contributed by atoms with Crippen LogP contribution in [-0.2, 0) is 0 Å². The van der Waals surface area contributed by atoms with Crippen molar-refractivity contribution in [2.24, 2.45) is 17.3 Å². The van der Waals surface area contributed by atoms with E-state index in [1.807, 2.05) is 0 Å². The first-order valence-corrected chi connectivity index (χ1v) is 6.64. The molecular weight excluding hydrogens is 182 g/mol. The van der Waals surface area contributed by atoms with Gasteiger partial charge in [-0.25, -0.2) is 0 Å². The van der Waals surface area contributed by atoms with E-state index in [2.05, 4.69) is 39.5 Å². The Labute approximate surface area is 96.2 Å². The molecule has 0 spiro atoms. The fourth-order valence-corrected chi connectivity index (χ4v) is 2.98. The van der Waals surface area contributed by atoms with Crippen LogP contribution in [-0.4, -0.2) is 24.5 Å². The van der Waals surface area contributed by atoms with Crippen molar-refractivity contribution in [2.45, 2.75) is 53.9 Å². The quantitative estimate of drug-likeness (QED) is 0.684. The molecule has 0 unspecified atom stereocenters. The molecule has 0 aromatic rings. The Balaban J connectivity index is 2.34. The molecule has 1 heterocycles. The van der Waals surface area contributed by atoms with Crippen LogP contribution in [0.25, 0.3) is 0 Å². The molecule has 0 aromatic heterocycles. The van der Waals surface area contributed by atoms with Crippen LogP contribution in [0.1, 0.15) is 53.9 Å². The summed E-state index contributed by atoms with van der Waals surface area (Å²) in [5.41, 5.74) is 0.627. The second-order valence-corrected chi connectivity index (χ2v) is 6.60. The molecule has 0 aliphatic carbocycles. The maximum absolute atomic E-state index is 2.65. The van der Waals surface area contributed by atoms with E-state index >= 15 is 0 Å². The Hall–Kier alpha value is -0.0400. The normalized spacial score (nSPS) is 22.6. The minimum atomic E-state index is 0.627. The topological polar surface area (TPSA) is 3.24 Å². The lowest BCUT2D eigenvalue weighted by molar-refractivity contribution is 0.0912. The highest BCUT2D eigenvalue weighted by Crippen LogP contribution is 2.36. The van der Waals surface area contributed by atoms with Gasteiger partial charge in [0.25, 0.3) is 0 Å². The SMILES string of the molecule is CC(C)CN1CCC(C)(CC(C)C)CC1. The maximum Gasteiger partial charge on any atom is 0.000439 e. The summed E-state index contributed by atoms with van der Waals surface area (Å²) in [7, 11) is 0. The Morgan fingerprint density at radius 2 is 1.53 bits per heavy atom. The number of rotatable bonds is 4. The number of hydrogen-bond acceptors (Lipinski definition) is 1. The Morgan fingerprint density at radius 3 is 1.93 bits per heavy atom. The monoisotopic (exact) mass is 211 g/mol. The standard InChI is InChI=1S/C14H29N/c1-12(2)10-14(5)6-8-15(9-7-14)11-13(3)4/h12-13H,6-11H2,1-5H3. The molecule has 1 saturated heterocycles. The summed E-state index contributed by atoms with van der Waals surface area (Å²) in [6.45, 7) is 15.8. The average molecular weight is 211 g/mol. The Bertz CT molecular complexity index is 176. The number of piperidine rings is 1. The van der Waals surface area contributed by atoms with E-state index < -0.39 is 0 Å². The smallest absolute Gasteiger partial charge is 0.000439 e. The van der Waals surface area contributed by atoms with Crippen molar-refractivity contribution < 1.29 is 0 Å². The number of hydrogen-bond donors (Lipinski definition) is 0. The highest BCUT2D eigenvalue weighted by molar-refractivity contribution is 4.83. The zero-order chi connectivity index (χ0) is 11.5. The first-order chi connectivity index (χ1) is 6.91. The van der Waals surface area contributed by atoms with Crippen LogP contribution in [0.4, 0.5) is 0 Å². The zero-order valence-corrected chi connectivity index (χ0v) is 11.3. The second-order valence-electron chi connectivity index (χ2n) is 6.60. The third kappa shape index (κ3) is 4.55. The molecule has 0 amide bonds. The van der Waals surface area contributed by atoms with E-state index in [9.17, 15) is 0 Å². The fourth-order valence-electron chi connectivity index (χ4n) is 2.98. The van der Waals surface area contributed by atoms with Crippen LogP contribution in [0.2, 0.25) is 0 Å². The van der Waals surface area contributed by atoms with E-state index in [0.717, 1.165) is 11.8 Å². The van der Waals surface area contributed by atoms with Gasteiger partial charge in [-0.05, 0) is 49.6 Å². The second kappa shape index (κ2) is 5.34. The van der Waals surface area contributed by atoms with Crippen molar-refractivity contribution in [3.63, 3.8) is 0 Å². The van der Waals surface area contributed by atoms with Crippen molar-refractivity contribution in [1.82, 2.24) is 4.90 Å². The van der Waals surface area contributed by atoms with Crippen LogP contribution >= 0.6 is 0 Å². The molecule has 1 nitrogen and oxygen atoms in total. The van der Waals surface area contributed by atoms with Crippen LogP contribution < -0.4 is 0 Å². The van der Waals surface area contributed by atoms with Crippen molar-refractivity contribution >= 4 is 0 Å². The molecule has 0 saturated carbocycles. The van der Waals surface area contributed by atoms with E-state index in [4.69, 9.17) is 0 Å². The van der Waals surface area contributed by atoms with Gasteiger partial charge in [0.05, 0.1) is 0 Å². The van der Waals surface area contributed by atoms with Gasteiger partial charge in [-0.15, -0.1) is 0 Å². The fraction of sp³-hybridized carbons (Fsp3) is 1.00. The van der Waals surface area contributed by atoms with Gasteiger partial charge in [0, 0.05) is 6.54 Å². The molecule has 90 valence electrons. The molecule has 1 heteroatoms. The van der Waals surface area contributed by atoms with Crippen LogP contribution in [0, 0.1) is 17.3 Å². The molecule has 0 radical (unpaired) electrons. The third-order valence-corrected chi connectivity index (χ3v) is 3.59. The molecule has 0 atom stereocenters. The first-order valence-electron chi connectivity index (χ1n) is 6.64. The summed E-state index contributed by atoms with van der Waals surface area (Å²) in [5, 5.41) is 0. The first kappa shape index (κ1) is 13.0. The highest BCUT2D eigenvalue weighted by Gasteiger charge is 2.30. The van der Waals surface area contributed by atoms with Crippen molar-refractivity contribution in [3.8, 4) is 0 Å². The van der Waals surface area contributed by atoms with Crippen molar-refractivity contribution in [2.75, 3.05) is 19.6 Å². The Morgan fingerprint density at radius 1 is 1.00 bits per heavy atom. The maximum atomic E-state index is 2.65. The van der Waals surface area contributed by atoms with Crippen molar-refractivity contribution in [3.05, 3.63) is 0 Å².